The third-order valence-corrected chi connectivity index (χ3v) is 5.24. The van der Waals surface area contributed by atoms with Gasteiger partial charge in [0.1, 0.15) is 8.07 Å². The number of nitrogens with zero attached hydrogens (tertiary/aromatic N) is 1. The van der Waals surface area contributed by atoms with Crippen LogP contribution in [-0.2, 0) is 4.74 Å². The van der Waals surface area contributed by atoms with Gasteiger partial charge in [-0.05, 0) is 29.0 Å². The summed E-state index contributed by atoms with van der Waals surface area (Å²) in [6.07, 6.45) is 2.57. The molecule has 0 amide bonds. The molecule has 0 saturated carbocycles. The zero-order valence-electron chi connectivity index (χ0n) is 9.49. The van der Waals surface area contributed by atoms with Crippen LogP contribution in [0, 0.1) is 0 Å². The van der Waals surface area contributed by atoms with Crippen molar-refractivity contribution < 1.29 is 9.47 Å². The Morgan fingerprint density at radius 1 is 1.50 bits per heavy atom. The average molecular weight is 276 g/mol. The van der Waals surface area contributed by atoms with Crippen molar-refractivity contribution in [3.63, 3.8) is 0 Å². The van der Waals surface area contributed by atoms with Crippen LogP contribution in [0.5, 0.6) is 5.88 Å². The lowest BCUT2D eigenvalue weighted by atomic mass is 10.5. The summed E-state index contributed by atoms with van der Waals surface area (Å²) < 4.78 is 10.2. The first-order valence-corrected chi connectivity index (χ1v) is 8.78. The van der Waals surface area contributed by atoms with Gasteiger partial charge in [-0.2, -0.15) is 0 Å². The van der Waals surface area contributed by atoms with Gasteiger partial charge in [0.2, 0.25) is 5.88 Å². The van der Waals surface area contributed by atoms with Crippen LogP contribution in [0.1, 0.15) is 0 Å². The molecule has 0 bridgehead atoms. The maximum absolute atomic E-state index is 5.45. The van der Waals surface area contributed by atoms with Crippen molar-refractivity contribution in [1.29, 1.82) is 0 Å². The molecule has 0 N–H and O–H groups in total. The standard InChI is InChI=1S/C10H14ClNO2SSi/c1-13-7-16(2,3)8-4-5-9(12-6-8)14-10(11)15/h4-6H,7H2,1-3H3. The van der Waals surface area contributed by atoms with Crippen molar-refractivity contribution in [1.82, 2.24) is 4.98 Å². The lowest BCUT2D eigenvalue weighted by Crippen LogP contribution is -2.46. The van der Waals surface area contributed by atoms with Crippen molar-refractivity contribution in [3.05, 3.63) is 18.3 Å². The van der Waals surface area contributed by atoms with E-state index in [1.165, 1.54) is 5.19 Å². The zero-order chi connectivity index (χ0) is 12.2. The Morgan fingerprint density at radius 3 is 2.62 bits per heavy atom. The molecule has 0 aliphatic rings. The normalized spacial score (nSPS) is 11.2. The van der Waals surface area contributed by atoms with E-state index in [2.05, 4.69) is 30.3 Å². The number of halogens is 1. The Kier molecular flexibility index (Phi) is 4.85. The summed E-state index contributed by atoms with van der Waals surface area (Å²) in [4.78, 5) is 4.15. The summed E-state index contributed by atoms with van der Waals surface area (Å²) in [5.74, 6) is 0.422. The van der Waals surface area contributed by atoms with Crippen molar-refractivity contribution in [2.75, 3.05) is 13.3 Å². The van der Waals surface area contributed by atoms with E-state index >= 15 is 0 Å². The predicted molar refractivity (Wildman–Crippen MR) is 72.3 cm³/mol. The molecular weight excluding hydrogens is 262 g/mol. The summed E-state index contributed by atoms with van der Waals surface area (Å²) in [7, 11) is 0.165. The van der Waals surface area contributed by atoms with E-state index in [9.17, 15) is 0 Å². The first-order chi connectivity index (χ1) is 7.45. The van der Waals surface area contributed by atoms with Crippen molar-refractivity contribution in [2.24, 2.45) is 0 Å². The SMILES string of the molecule is COC[Si](C)(C)c1ccc(OC(=S)Cl)nc1. The van der Waals surface area contributed by atoms with Crippen LogP contribution in [0.15, 0.2) is 18.3 Å². The average Bonchev–Trinajstić information content (AvgIpc) is 2.17. The van der Waals surface area contributed by atoms with E-state index in [1.807, 2.05) is 6.07 Å². The maximum atomic E-state index is 5.45. The number of rotatable bonds is 4. The van der Waals surface area contributed by atoms with E-state index in [4.69, 9.17) is 21.1 Å². The summed E-state index contributed by atoms with van der Waals surface area (Å²) in [6, 6.07) is 3.76. The Labute approximate surface area is 107 Å². The van der Waals surface area contributed by atoms with Gasteiger partial charge in [-0.1, -0.05) is 19.2 Å². The van der Waals surface area contributed by atoms with E-state index < -0.39 is 8.07 Å². The molecule has 0 radical (unpaired) electrons. The van der Waals surface area contributed by atoms with Gasteiger partial charge >= 0.3 is 0 Å². The van der Waals surface area contributed by atoms with E-state index in [0.29, 0.717) is 5.88 Å². The number of thiocarbonyl (C=S) groups is 1. The number of hydrogen-bond acceptors (Lipinski definition) is 4. The molecule has 88 valence electrons. The van der Waals surface area contributed by atoms with E-state index in [-0.39, 0.29) is 4.51 Å². The van der Waals surface area contributed by atoms with Gasteiger partial charge in [0.25, 0.3) is 4.51 Å². The molecule has 3 nitrogen and oxygen atoms in total. The molecular formula is C10H14ClNO2SSi. The van der Waals surface area contributed by atoms with Crippen LogP contribution in [0.25, 0.3) is 0 Å². The minimum absolute atomic E-state index is 0.0475. The Morgan fingerprint density at radius 2 is 2.19 bits per heavy atom. The molecule has 0 unspecified atom stereocenters. The van der Waals surface area contributed by atoms with Crippen LogP contribution in [0.3, 0.4) is 0 Å². The smallest absolute Gasteiger partial charge is 0.262 e. The lowest BCUT2D eigenvalue weighted by Gasteiger charge is -2.21. The van der Waals surface area contributed by atoms with Crippen LogP contribution in [0.2, 0.25) is 13.1 Å². The molecule has 1 aromatic heterocycles. The van der Waals surface area contributed by atoms with Gasteiger partial charge < -0.3 is 9.47 Å². The minimum Gasteiger partial charge on any atom is -0.417 e. The molecule has 6 heteroatoms. The van der Waals surface area contributed by atoms with Crippen molar-refractivity contribution >= 4 is 41.6 Å². The minimum atomic E-state index is -1.55. The molecule has 16 heavy (non-hydrogen) atoms. The van der Waals surface area contributed by atoms with E-state index in [0.717, 1.165) is 6.23 Å². The molecule has 1 aromatic rings. The molecule has 0 atom stereocenters. The third kappa shape index (κ3) is 3.82. The number of ether oxygens (including phenoxy) is 2. The molecule has 1 heterocycles. The Hall–Kier alpha value is -0.493. The van der Waals surface area contributed by atoms with Gasteiger partial charge in [-0.15, -0.1) is 0 Å². The molecule has 0 aliphatic heterocycles. The predicted octanol–water partition coefficient (Wildman–Crippen LogP) is 2.09. The quantitative estimate of drug-likeness (QED) is 0.478. The fourth-order valence-electron chi connectivity index (χ4n) is 1.37. The summed E-state index contributed by atoms with van der Waals surface area (Å²) in [5.41, 5.74) is 0. The summed E-state index contributed by atoms with van der Waals surface area (Å²) >= 11 is 10.1. The fourth-order valence-corrected chi connectivity index (χ4v) is 3.37. The number of methoxy groups -OCH3 is 1. The Balaban J connectivity index is 2.81. The second-order valence-electron chi connectivity index (χ2n) is 4.04. The highest BCUT2D eigenvalue weighted by Crippen LogP contribution is 2.08. The highest BCUT2D eigenvalue weighted by atomic mass is 35.5. The topological polar surface area (TPSA) is 31.4 Å². The highest BCUT2D eigenvalue weighted by molar-refractivity contribution is 7.82. The van der Waals surface area contributed by atoms with Gasteiger partial charge in [-0.25, -0.2) is 4.98 Å². The van der Waals surface area contributed by atoms with Crippen LogP contribution in [-0.4, -0.2) is 30.9 Å². The molecule has 1 rings (SSSR count). The summed E-state index contributed by atoms with van der Waals surface area (Å²) in [5, 5.41) is 1.21. The molecule has 0 spiro atoms. The first-order valence-electron chi connectivity index (χ1n) is 4.78. The van der Waals surface area contributed by atoms with Crippen LogP contribution >= 0.6 is 23.8 Å². The second-order valence-corrected chi connectivity index (χ2v) is 9.61. The summed E-state index contributed by atoms with van der Waals surface area (Å²) in [6.45, 7) is 4.44. The largest absolute Gasteiger partial charge is 0.417 e. The van der Waals surface area contributed by atoms with Crippen LogP contribution in [0.4, 0.5) is 0 Å². The van der Waals surface area contributed by atoms with Gasteiger partial charge in [0.05, 0.1) is 0 Å². The van der Waals surface area contributed by atoms with E-state index in [1.54, 1.807) is 19.4 Å². The Bertz CT molecular complexity index is 370. The number of aromatic nitrogens is 1. The van der Waals surface area contributed by atoms with Gasteiger partial charge in [0.15, 0.2) is 0 Å². The molecule has 0 aliphatic carbocycles. The van der Waals surface area contributed by atoms with Crippen LogP contribution < -0.4 is 9.92 Å². The molecule has 0 aromatic carbocycles. The van der Waals surface area contributed by atoms with Crippen molar-refractivity contribution in [2.45, 2.75) is 13.1 Å². The maximum Gasteiger partial charge on any atom is 0.262 e. The monoisotopic (exact) mass is 275 g/mol. The molecule has 0 fully saturated rings. The third-order valence-electron chi connectivity index (χ3n) is 2.21. The lowest BCUT2D eigenvalue weighted by molar-refractivity contribution is 0.247. The fraction of sp³-hybridized carbons (Fsp3) is 0.400. The second kappa shape index (κ2) is 5.72. The zero-order valence-corrected chi connectivity index (χ0v) is 12.1. The first kappa shape index (κ1) is 13.6. The molecule has 0 saturated heterocycles. The van der Waals surface area contributed by atoms with Gasteiger partial charge in [-0.3, -0.25) is 0 Å². The number of pyridine rings is 1. The van der Waals surface area contributed by atoms with Crippen molar-refractivity contribution in [3.8, 4) is 5.88 Å². The highest BCUT2D eigenvalue weighted by Gasteiger charge is 2.23. The van der Waals surface area contributed by atoms with Gasteiger partial charge in [0, 0.05) is 25.6 Å². The number of hydrogen-bond donors (Lipinski definition) is 0.